The summed E-state index contributed by atoms with van der Waals surface area (Å²) >= 11 is 0. The van der Waals surface area contributed by atoms with Gasteiger partial charge in [0, 0.05) is 25.7 Å². The lowest BCUT2D eigenvalue weighted by Gasteiger charge is -2.34. The quantitative estimate of drug-likeness (QED) is 0.575. The van der Waals surface area contributed by atoms with Crippen molar-refractivity contribution in [2.75, 3.05) is 19.6 Å². The molecular weight excluding hydrogens is 413 g/mol. The SMILES string of the molecule is CC(C)(C)C(=O)OC(=O)CC1CNCCN1S(=O)(=O)c1cccc(C(F)(F)F)c1. The third kappa shape index (κ3) is 5.77. The molecule has 1 N–H and O–H groups in total. The second-order valence-electron chi connectivity index (χ2n) is 7.71. The smallest absolute Gasteiger partial charge is 0.393 e. The van der Waals surface area contributed by atoms with Gasteiger partial charge >= 0.3 is 18.1 Å². The fourth-order valence-corrected chi connectivity index (χ4v) is 4.36. The van der Waals surface area contributed by atoms with Gasteiger partial charge in [-0.25, -0.2) is 8.42 Å². The second kappa shape index (κ2) is 8.41. The van der Waals surface area contributed by atoms with E-state index in [1.54, 1.807) is 20.8 Å². The Hall–Kier alpha value is -1.98. The first-order valence-electron chi connectivity index (χ1n) is 8.88. The zero-order chi connectivity index (χ0) is 22.0. The molecule has 0 bridgehead atoms. The molecule has 11 heteroatoms. The number of carbonyl (C=O) groups excluding carboxylic acids is 2. The lowest BCUT2D eigenvalue weighted by atomic mass is 9.97. The van der Waals surface area contributed by atoms with Gasteiger partial charge in [0.1, 0.15) is 0 Å². The van der Waals surface area contributed by atoms with Crippen molar-refractivity contribution in [1.29, 1.82) is 0 Å². The van der Waals surface area contributed by atoms with E-state index in [1.807, 2.05) is 0 Å². The standard InChI is InChI=1S/C18H23F3N2O5S/c1-17(2,3)16(25)28-15(24)10-13-11-22-7-8-23(13)29(26,27)14-6-4-5-12(9-14)18(19,20)21/h4-6,9,13,22H,7-8,10-11H2,1-3H3. The van der Waals surface area contributed by atoms with Gasteiger partial charge in [-0.2, -0.15) is 17.5 Å². The number of benzene rings is 1. The molecule has 0 spiro atoms. The Morgan fingerprint density at radius 1 is 1.24 bits per heavy atom. The minimum Gasteiger partial charge on any atom is -0.393 e. The third-order valence-electron chi connectivity index (χ3n) is 4.29. The van der Waals surface area contributed by atoms with E-state index in [0.29, 0.717) is 6.07 Å². The first-order valence-corrected chi connectivity index (χ1v) is 10.3. The average molecular weight is 436 g/mol. The van der Waals surface area contributed by atoms with Gasteiger partial charge in [-0.3, -0.25) is 9.59 Å². The normalized spacial score (nSPS) is 19.0. The number of nitrogens with one attached hydrogen (secondary N) is 1. The zero-order valence-corrected chi connectivity index (χ0v) is 17.1. The molecule has 1 aliphatic heterocycles. The van der Waals surface area contributed by atoms with Crippen LogP contribution in [0.15, 0.2) is 29.2 Å². The van der Waals surface area contributed by atoms with E-state index in [2.05, 4.69) is 5.32 Å². The molecule has 1 aromatic rings. The van der Waals surface area contributed by atoms with Gasteiger partial charge in [-0.05, 0) is 39.0 Å². The van der Waals surface area contributed by atoms with Crippen LogP contribution in [-0.2, 0) is 30.5 Å². The van der Waals surface area contributed by atoms with Crippen molar-refractivity contribution in [3.63, 3.8) is 0 Å². The van der Waals surface area contributed by atoms with Crippen LogP contribution in [0.1, 0.15) is 32.8 Å². The lowest BCUT2D eigenvalue weighted by molar-refractivity contribution is -0.166. The number of alkyl halides is 3. The molecule has 1 aromatic carbocycles. The van der Waals surface area contributed by atoms with Crippen LogP contribution in [0.3, 0.4) is 0 Å². The number of ether oxygens (including phenoxy) is 1. The Morgan fingerprint density at radius 2 is 1.90 bits per heavy atom. The molecule has 0 aromatic heterocycles. The molecule has 162 valence electrons. The average Bonchev–Trinajstić information content (AvgIpc) is 2.60. The number of hydrogen-bond donors (Lipinski definition) is 1. The van der Waals surface area contributed by atoms with Crippen molar-refractivity contribution in [1.82, 2.24) is 9.62 Å². The van der Waals surface area contributed by atoms with Gasteiger partial charge in [0.05, 0.1) is 22.3 Å². The predicted octanol–water partition coefficient (Wildman–Crippen LogP) is 2.17. The number of hydrogen-bond acceptors (Lipinski definition) is 6. The van der Waals surface area contributed by atoms with Crippen LogP contribution in [0.25, 0.3) is 0 Å². The minimum atomic E-state index is -4.69. The number of nitrogens with zero attached hydrogens (tertiary/aromatic N) is 1. The number of rotatable bonds is 4. The Balaban J connectivity index is 2.24. The van der Waals surface area contributed by atoms with E-state index < -0.39 is 56.5 Å². The van der Waals surface area contributed by atoms with Gasteiger partial charge in [-0.1, -0.05) is 6.07 Å². The van der Waals surface area contributed by atoms with Crippen molar-refractivity contribution in [2.24, 2.45) is 5.41 Å². The highest BCUT2D eigenvalue weighted by Crippen LogP contribution is 2.31. The van der Waals surface area contributed by atoms with Crippen LogP contribution in [0, 0.1) is 5.41 Å². The highest BCUT2D eigenvalue weighted by atomic mass is 32.2. The van der Waals surface area contributed by atoms with E-state index in [1.165, 1.54) is 0 Å². The summed E-state index contributed by atoms with van der Waals surface area (Å²) in [5.41, 5.74) is -2.00. The summed E-state index contributed by atoms with van der Waals surface area (Å²) in [7, 11) is -4.30. The fraction of sp³-hybridized carbons (Fsp3) is 0.556. The van der Waals surface area contributed by atoms with Gasteiger partial charge in [0.2, 0.25) is 10.0 Å². The molecule has 1 heterocycles. The summed E-state index contributed by atoms with van der Waals surface area (Å²) in [6.45, 7) is 5.02. The molecular formula is C18H23F3N2O5S. The number of esters is 2. The van der Waals surface area contributed by atoms with Crippen LogP contribution in [-0.4, -0.2) is 50.3 Å². The van der Waals surface area contributed by atoms with Crippen molar-refractivity contribution < 1.29 is 35.9 Å². The first-order chi connectivity index (χ1) is 13.2. The number of carbonyl (C=O) groups is 2. The maximum absolute atomic E-state index is 13.0. The molecule has 2 rings (SSSR count). The molecule has 1 fully saturated rings. The first kappa shape index (κ1) is 23.3. The minimum absolute atomic E-state index is 0.0380. The third-order valence-corrected chi connectivity index (χ3v) is 6.23. The van der Waals surface area contributed by atoms with E-state index in [9.17, 15) is 31.2 Å². The van der Waals surface area contributed by atoms with Crippen LogP contribution in [0.5, 0.6) is 0 Å². The van der Waals surface area contributed by atoms with Gasteiger partial charge in [0.15, 0.2) is 0 Å². The van der Waals surface area contributed by atoms with E-state index in [4.69, 9.17) is 4.74 Å². The number of sulfonamides is 1. The Bertz CT molecular complexity index is 878. The van der Waals surface area contributed by atoms with Gasteiger partial charge in [0.25, 0.3) is 0 Å². The van der Waals surface area contributed by atoms with E-state index in [0.717, 1.165) is 22.5 Å². The van der Waals surface area contributed by atoms with Crippen molar-refractivity contribution >= 4 is 22.0 Å². The van der Waals surface area contributed by atoms with E-state index >= 15 is 0 Å². The topological polar surface area (TPSA) is 92.8 Å². The monoisotopic (exact) mass is 436 g/mol. The Kier molecular flexibility index (Phi) is 6.75. The summed E-state index contributed by atoms with van der Waals surface area (Å²) in [5, 5.41) is 2.93. The summed E-state index contributed by atoms with van der Waals surface area (Å²) in [4.78, 5) is 23.5. The van der Waals surface area contributed by atoms with Crippen LogP contribution >= 0.6 is 0 Å². The second-order valence-corrected chi connectivity index (χ2v) is 9.61. The zero-order valence-electron chi connectivity index (χ0n) is 16.2. The molecule has 1 atom stereocenters. The molecule has 0 aliphatic carbocycles. The molecule has 0 radical (unpaired) electrons. The highest BCUT2D eigenvalue weighted by Gasteiger charge is 2.38. The number of piperazine rings is 1. The Morgan fingerprint density at radius 3 is 2.48 bits per heavy atom. The molecule has 1 aliphatic rings. The molecule has 0 saturated carbocycles. The van der Waals surface area contributed by atoms with Crippen LogP contribution in [0.4, 0.5) is 13.2 Å². The van der Waals surface area contributed by atoms with Gasteiger partial charge in [-0.15, -0.1) is 0 Å². The Labute approximate surface area is 167 Å². The lowest BCUT2D eigenvalue weighted by Crippen LogP contribution is -2.54. The largest absolute Gasteiger partial charge is 0.416 e. The molecule has 7 nitrogen and oxygen atoms in total. The summed E-state index contributed by atoms with van der Waals surface area (Å²) in [5.74, 6) is -1.65. The molecule has 1 unspecified atom stereocenters. The summed E-state index contributed by atoms with van der Waals surface area (Å²) < 4.78 is 70.5. The molecule has 1 saturated heterocycles. The maximum Gasteiger partial charge on any atom is 0.416 e. The van der Waals surface area contributed by atoms with Crippen molar-refractivity contribution in [3.8, 4) is 0 Å². The highest BCUT2D eigenvalue weighted by molar-refractivity contribution is 7.89. The van der Waals surface area contributed by atoms with Gasteiger partial charge < -0.3 is 10.1 Å². The van der Waals surface area contributed by atoms with E-state index in [-0.39, 0.29) is 19.6 Å². The van der Waals surface area contributed by atoms with Crippen LogP contribution < -0.4 is 5.32 Å². The predicted molar refractivity (Wildman–Crippen MR) is 97.2 cm³/mol. The fourth-order valence-electron chi connectivity index (χ4n) is 2.69. The van der Waals surface area contributed by atoms with Crippen molar-refractivity contribution in [2.45, 2.75) is 44.3 Å². The number of halogens is 3. The van der Waals surface area contributed by atoms with Crippen LogP contribution in [0.2, 0.25) is 0 Å². The molecule has 0 amide bonds. The van der Waals surface area contributed by atoms with Crippen molar-refractivity contribution in [3.05, 3.63) is 29.8 Å². The maximum atomic E-state index is 13.0. The summed E-state index contributed by atoms with van der Waals surface area (Å²) in [6, 6.07) is 2.54. The summed E-state index contributed by atoms with van der Waals surface area (Å²) in [6.07, 6.45) is -5.10. The molecule has 29 heavy (non-hydrogen) atoms.